The van der Waals surface area contributed by atoms with Crippen molar-refractivity contribution in [3.05, 3.63) is 209 Å². The van der Waals surface area contributed by atoms with Crippen molar-refractivity contribution in [1.29, 1.82) is 0 Å². The van der Waals surface area contributed by atoms with E-state index in [0.717, 1.165) is 51.4 Å². The summed E-state index contributed by atoms with van der Waals surface area (Å²) in [5.41, 5.74) is 17.9. The Morgan fingerprint density at radius 1 is 0.565 bits per heavy atom. The van der Waals surface area contributed by atoms with Crippen LogP contribution in [0.25, 0.3) is 66.2 Å². The maximum atomic E-state index is 5.66. The van der Waals surface area contributed by atoms with Crippen molar-refractivity contribution in [2.75, 3.05) is 0 Å². The third-order valence-corrected chi connectivity index (χ3v) is 13.4. The molecule has 5 nitrogen and oxygen atoms in total. The summed E-state index contributed by atoms with van der Waals surface area (Å²) in [6.07, 6.45) is 1.92. The van der Waals surface area contributed by atoms with Gasteiger partial charge in [-0.05, 0) is 125 Å². The van der Waals surface area contributed by atoms with Gasteiger partial charge < -0.3 is 9.47 Å². The number of rotatable bonds is 5. The highest BCUT2D eigenvalue weighted by atomic mass is 15.3. The van der Waals surface area contributed by atoms with Crippen LogP contribution in [0.2, 0.25) is 0 Å². The van der Waals surface area contributed by atoms with Gasteiger partial charge in [-0.3, -0.25) is 9.56 Å². The van der Waals surface area contributed by atoms with Crippen LogP contribution >= 0.6 is 0 Å². The molecule has 0 N–H and O–H groups in total. The van der Waals surface area contributed by atoms with E-state index in [1.54, 1.807) is 0 Å². The van der Waals surface area contributed by atoms with E-state index in [9.17, 15) is 0 Å². The molecular weight excluding hydrogens is 755 g/mol. The molecule has 0 saturated carbocycles. The quantitative estimate of drug-likeness (QED) is 0.174. The first-order chi connectivity index (χ1) is 30.2. The highest BCUT2D eigenvalue weighted by Gasteiger charge is 2.44. The molecule has 0 fully saturated rings. The van der Waals surface area contributed by atoms with Crippen LogP contribution in [0.3, 0.4) is 0 Å². The summed E-state index contributed by atoms with van der Waals surface area (Å²) >= 11 is 0. The normalized spacial score (nSPS) is 16.1. The predicted octanol–water partition coefficient (Wildman–Crippen LogP) is 13.9. The van der Waals surface area contributed by atoms with Crippen LogP contribution in [0.5, 0.6) is 0 Å². The molecule has 3 aromatic heterocycles. The number of hydrogen-bond donors (Lipinski definition) is 0. The smallest absolute Gasteiger partial charge is 0.145 e. The molecule has 0 unspecified atom stereocenters. The predicted molar refractivity (Wildman–Crippen MR) is 257 cm³/mol. The van der Waals surface area contributed by atoms with Gasteiger partial charge in [0.1, 0.15) is 17.5 Å². The number of pyridine rings is 1. The van der Waals surface area contributed by atoms with Crippen LogP contribution in [0.15, 0.2) is 175 Å². The zero-order chi connectivity index (χ0) is 41.9. The molecule has 300 valence electrons. The molecule has 5 heteroatoms. The Morgan fingerprint density at radius 2 is 1.29 bits per heavy atom. The molecule has 0 saturated heterocycles. The summed E-state index contributed by atoms with van der Waals surface area (Å²) in [6, 6.07) is 60.6. The van der Waals surface area contributed by atoms with Gasteiger partial charge in [-0.15, -0.1) is 0 Å². The third-order valence-electron chi connectivity index (χ3n) is 13.4. The maximum Gasteiger partial charge on any atom is 0.145 e. The SMILES string of the molecule is Cc1ccc2c(c1)c1cc(C)c(-n3c4ccc(-c5ccccc5)cc4c4cccnc43)cc1n2-c1cc(C2=N[C@H](c3ccccc3)[C@@H]3c4ccccc4CN23)cc(C(C)(C)C)c1. The van der Waals surface area contributed by atoms with Gasteiger partial charge in [0.2, 0.25) is 0 Å². The van der Waals surface area contributed by atoms with Crippen molar-refractivity contribution in [1.82, 2.24) is 19.0 Å². The number of benzene rings is 7. The van der Waals surface area contributed by atoms with Crippen molar-refractivity contribution in [3.8, 4) is 22.5 Å². The van der Waals surface area contributed by atoms with Crippen LogP contribution < -0.4 is 0 Å². The van der Waals surface area contributed by atoms with E-state index >= 15 is 0 Å². The standard InChI is InChI=1S/C57H47N5/c1-35-22-24-49-46(27-35)47-28-36(2)51(62-50-25-23-39(37-15-8-6-9-16-37)31-48(50)45-21-14-26-58-56(45)62)33-52(47)61(49)43-30-41(29-42(32-43)57(3,4)5)55-59-53(38-17-10-7-11-18-38)54-44-20-13-12-19-40(44)34-60(54)55/h6-33,53-54H,34H2,1-5H3/t53-,54+/m1/s1. The highest BCUT2D eigenvalue weighted by Crippen LogP contribution is 2.50. The van der Waals surface area contributed by atoms with Gasteiger partial charge in [0.25, 0.3) is 0 Å². The van der Waals surface area contributed by atoms with E-state index in [1.807, 2.05) is 6.20 Å². The lowest BCUT2D eigenvalue weighted by atomic mass is 9.85. The summed E-state index contributed by atoms with van der Waals surface area (Å²) in [5, 5.41) is 4.83. The second-order valence-electron chi connectivity index (χ2n) is 18.4. The maximum absolute atomic E-state index is 5.66. The van der Waals surface area contributed by atoms with Crippen LogP contribution in [0, 0.1) is 13.8 Å². The Bertz CT molecular complexity index is 3450. The Balaban J connectivity index is 1.10. The molecule has 7 aromatic carbocycles. The molecule has 0 amide bonds. The summed E-state index contributed by atoms with van der Waals surface area (Å²) < 4.78 is 4.88. The molecule has 0 spiro atoms. The minimum absolute atomic E-state index is 0.00179. The van der Waals surface area contributed by atoms with E-state index < -0.39 is 0 Å². The minimum atomic E-state index is -0.111. The number of aliphatic imine (C=N–C) groups is 1. The van der Waals surface area contributed by atoms with Crippen molar-refractivity contribution < 1.29 is 0 Å². The van der Waals surface area contributed by atoms with Crippen molar-refractivity contribution in [2.24, 2.45) is 4.99 Å². The van der Waals surface area contributed by atoms with Crippen LogP contribution in [0.4, 0.5) is 0 Å². The van der Waals surface area contributed by atoms with Crippen LogP contribution in [-0.2, 0) is 12.0 Å². The Morgan fingerprint density at radius 3 is 2.11 bits per heavy atom. The second-order valence-corrected chi connectivity index (χ2v) is 18.4. The Hall–Kier alpha value is -7.24. The monoisotopic (exact) mass is 801 g/mol. The zero-order valence-corrected chi connectivity index (χ0v) is 35.8. The van der Waals surface area contributed by atoms with Crippen molar-refractivity contribution in [3.63, 3.8) is 0 Å². The molecule has 12 rings (SSSR count). The van der Waals surface area contributed by atoms with Crippen molar-refractivity contribution >= 4 is 49.6 Å². The summed E-state index contributed by atoms with van der Waals surface area (Å²) in [7, 11) is 0. The number of fused-ring (bicyclic) bond motifs is 9. The first-order valence-electron chi connectivity index (χ1n) is 21.8. The second kappa shape index (κ2) is 13.6. The molecular formula is C57H47N5. The van der Waals surface area contributed by atoms with Gasteiger partial charge in [0.15, 0.2) is 0 Å². The fourth-order valence-corrected chi connectivity index (χ4v) is 10.4. The van der Waals surface area contributed by atoms with Gasteiger partial charge in [-0.1, -0.05) is 123 Å². The first kappa shape index (κ1) is 36.6. The fraction of sp³-hybridized carbons (Fsp3) is 0.158. The van der Waals surface area contributed by atoms with Gasteiger partial charge in [0.05, 0.1) is 28.3 Å². The average Bonchev–Trinajstić information content (AvgIpc) is 4.03. The number of hydrogen-bond acceptors (Lipinski definition) is 3. The number of aromatic nitrogens is 3. The average molecular weight is 802 g/mol. The summed E-state index contributed by atoms with van der Waals surface area (Å²) in [4.78, 5) is 13.3. The van der Waals surface area contributed by atoms with E-state index in [2.05, 4.69) is 212 Å². The minimum Gasteiger partial charge on any atom is -0.342 e. The van der Waals surface area contributed by atoms with Crippen molar-refractivity contribution in [2.45, 2.75) is 58.7 Å². The Labute approximate surface area is 362 Å². The third kappa shape index (κ3) is 5.61. The molecule has 10 aromatic rings. The molecule has 62 heavy (non-hydrogen) atoms. The summed E-state index contributed by atoms with van der Waals surface area (Å²) in [5.74, 6) is 1.06. The molecule has 2 aliphatic rings. The largest absolute Gasteiger partial charge is 0.342 e. The molecule has 5 heterocycles. The summed E-state index contributed by atoms with van der Waals surface area (Å²) in [6.45, 7) is 12.3. The fourth-order valence-electron chi connectivity index (χ4n) is 10.4. The van der Waals surface area contributed by atoms with Crippen LogP contribution in [0.1, 0.15) is 71.8 Å². The van der Waals surface area contributed by atoms with Crippen LogP contribution in [-0.4, -0.2) is 24.9 Å². The first-order valence-corrected chi connectivity index (χ1v) is 21.8. The number of aryl methyl sites for hydroxylation is 2. The zero-order valence-electron chi connectivity index (χ0n) is 35.8. The molecule has 0 aliphatic carbocycles. The Kier molecular flexibility index (Phi) is 8.05. The molecule has 2 aliphatic heterocycles. The van der Waals surface area contributed by atoms with E-state index in [0.29, 0.717) is 0 Å². The van der Waals surface area contributed by atoms with Gasteiger partial charge in [0, 0.05) is 45.5 Å². The van der Waals surface area contributed by atoms with Gasteiger partial charge in [-0.25, -0.2) is 4.98 Å². The van der Waals surface area contributed by atoms with E-state index in [4.69, 9.17) is 9.98 Å². The molecule has 0 bridgehead atoms. The number of amidine groups is 1. The lowest BCUT2D eigenvalue weighted by molar-refractivity contribution is 0.341. The lowest BCUT2D eigenvalue weighted by Crippen LogP contribution is -2.27. The topological polar surface area (TPSA) is 38.4 Å². The van der Waals surface area contributed by atoms with Gasteiger partial charge in [-0.2, -0.15) is 0 Å². The lowest BCUT2D eigenvalue weighted by Gasteiger charge is -2.26. The molecule has 0 radical (unpaired) electrons. The van der Waals surface area contributed by atoms with E-state index in [1.165, 1.54) is 66.2 Å². The number of nitrogens with zero attached hydrogens (tertiary/aromatic N) is 5. The van der Waals surface area contributed by atoms with E-state index in [-0.39, 0.29) is 17.5 Å². The highest BCUT2D eigenvalue weighted by molar-refractivity contribution is 6.13. The molecule has 2 atom stereocenters. The van der Waals surface area contributed by atoms with Gasteiger partial charge >= 0.3 is 0 Å².